The number of ether oxygens (including phenoxy) is 3. The average Bonchev–Trinajstić information content (AvgIpc) is 3.25. The number of fused-ring (bicyclic) bond motifs is 1. The molecule has 30 heavy (non-hydrogen) atoms. The smallest absolute Gasteiger partial charge is 0.408 e. The number of rotatable bonds is 6. The van der Waals surface area contributed by atoms with Crippen LogP contribution in [0.5, 0.6) is 11.5 Å². The van der Waals surface area contributed by atoms with E-state index in [0.29, 0.717) is 17.1 Å². The van der Waals surface area contributed by atoms with Gasteiger partial charge >= 0.3 is 6.09 Å². The first kappa shape index (κ1) is 19.8. The van der Waals surface area contributed by atoms with Gasteiger partial charge in [-0.15, -0.1) is 0 Å². The summed E-state index contributed by atoms with van der Waals surface area (Å²) in [6.45, 7) is 0.0767. The van der Waals surface area contributed by atoms with Crippen LogP contribution in [0.2, 0.25) is 0 Å². The molecule has 0 bridgehead atoms. The Kier molecular flexibility index (Phi) is 5.58. The monoisotopic (exact) mass is 425 g/mol. The zero-order valence-electron chi connectivity index (χ0n) is 15.9. The van der Waals surface area contributed by atoms with Crippen LogP contribution in [0.25, 0.3) is 0 Å². The molecule has 154 valence electrons. The summed E-state index contributed by atoms with van der Waals surface area (Å²) in [6.07, 6.45) is -0.846. The molecule has 3 aromatic rings. The Morgan fingerprint density at radius 1 is 0.933 bits per heavy atom. The number of amides is 1. The lowest BCUT2D eigenvalue weighted by atomic mass is 10.2. The number of benzene rings is 3. The predicted octanol–water partition coefficient (Wildman–Crippen LogP) is 3.81. The second-order valence-electron chi connectivity index (χ2n) is 6.56. The fourth-order valence-corrected chi connectivity index (χ4v) is 4.60. The largest absolute Gasteiger partial charge is 0.454 e. The lowest BCUT2D eigenvalue weighted by Crippen LogP contribution is -2.34. The minimum atomic E-state index is -3.96. The van der Waals surface area contributed by atoms with E-state index in [1.807, 2.05) is 30.3 Å². The van der Waals surface area contributed by atoms with Crippen LogP contribution in [0.3, 0.4) is 0 Å². The maximum atomic E-state index is 13.3. The summed E-state index contributed by atoms with van der Waals surface area (Å²) in [5.41, 5.74) is 1.12. The van der Waals surface area contributed by atoms with Crippen LogP contribution in [0, 0.1) is 0 Å². The second-order valence-corrected chi connectivity index (χ2v) is 8.59. The molecule has 0 aliphatic carbocycles. The van der Waals surface area contributed by atoms with Crippen molar-refractivity contribution in [3.8, 4) is 11.5 Å². The molecule has 1 amide bonds. The molecule has 3 aromatic carbocycles. The number of sulfone groups is 1. The van der Waals surface area contributed by atoms with Crippen molar-refractivity contribution in [2.24, 2.45) is 0 Å². The highest BCUT2D eigenvalue weighted by atomic mass is 32.2. The zero-order valence-corrected chi connectivity index (χ0v) is 16.7. The number of nitrogens with one attached hydrogen (secondary N) is 1. The molecule has 4 rings (SSSR count). The van der Waals surface area contributed by atoms with Crippen LogP contribution in [-0.4, -0.2) is 21.3 Å². The topological polar surface area (TPSA) is 90.9 Å². The van der Waals surface area contributed by atoms with Crippen LogP contribution in [-0.2, 0) is 21.2 Å². The third-order valence-electron chi connectivity index (χ3n) is 4.54. The van der Waals surface area contributed by atoms with Crippen molar-refractivity contribution < 1.29 is 27.4 Å². The van der Waals surface area contributed by atoms with Gasteiger partial charge in [-0.25, -0.2) is 13.2 Å². The van der Waals surface area contributed by atoms with Crippen LogP contribution >= 0.6 is 0 Å². The van der Waals surface area contributed by atoms with Gasteiger partial charge in [-0.3, -0.25) is 0 Å². The minimum Gasteiger partial charge on any atom is -0.454 e. The maximum Gasteiger partial charge on any atom is 0.408 e. The van der Waals surface area contributed by atoms with Gasteiger partial charge in [0.1, 0.15) is 6.61 Å². The molecule has 1 aliphatic heterocycles. The first-order valence-electron chi connectivity index (χ1n) is 9.20. The zero-order chi connectivity index (χ0) is 21.0. The Labute approximate surface area is 174 Å². The molecule has 0 saturated heterocycles. The summed E-state index contributed by atoms with van der Waals surface area (Å²) in [7, 11) is -3.96. The molecule has 0 unspecified atom stereocenters. The average molecular weight is 425 g/mol. The molecule has 8 heteroatoms. The van der Waals surface area contributed by atoms with Gasteiger partial charge < -0.3 is 19.5 Å². The van der Waals surface area contributed by atoms with Gasteiger partial charge in [0, 0.05) is 0 Å². The van der Waals surface area contributed by atoms with E-state index in [1.54, 1.807) is 36.4 Å². The quantitative estimate of drug-likeness (QED) is 0.646. The highest BCUT2D eigenvalue weighted by Crippen LogP contribution is 2.36. The molecule has 0 fully saturated rings. The molecule has 1 aliphatic rings. The van der Waals surface area contributed by atoms with Crippen LogP contribution in [0.4, 0.5) is 4.79 Å². The molecule has 0 aromatic heterocycles. The highest BCUT2D eigenvalue weighted by Gasteiger charge is 2.32. The summed E-state index contributed by atoms with van der Waals surface area (Å²) in [5, 5.41) is 1.12. The molecular formula is C22H19NO6S. The number of hydrogen-bond acceptors (Lipinski definition) is 6. The summed E-state index contributed by atoms with van der Waals surface area (Å²) in [4.78, 5) is 12.5. The third-order valence-corrected chi connectivity index (χ3v) is 6.48. The lowest BCUT2D eigenvalue weighted by Gasteiger charge is -2.20. The molecule has 0 spiro atoms. The highest BCUT2D eigenvalue weighted by molar-refractivity contribution is 7.91. The molecule has 1 heterocycles. The fourth-order valence-electron chi connectivity index (χ4n) is 3.03. The van der Waals surface area contributed by atoms with Crippen molar-refractivity contribution in [1.82, 2.24) is 5.32 Å². The van der Waals surface area contributed by atoms with Crippen LogP contribution < -0.4 is 14.8 Å². The Hall–Kier alpha value is -3.52. The molecule has 1 N–H and O–H groups in total. The number of hydrogen-bond donors (Lipinski definition) is 1. The second kappa shape index (κ2) is 8.46. The Balaban J connectivity index is 1.61. The predicted molar refractivity (Wildman–Crippen MR) is 109 cm³/mol. The van der Waals surface area contributed by atoms with Gasteiger partial charge in [-0.2, -0.15) is 0 Å². The summed E-state index contributed by atoms with van der Waals surface area (Å²) in [6, 6.07) is 21.8. The van der Waals surface area contributed by atoms with E-state index in [1.165, 1.54) is 12.1 Å². The van der Waals surface area contributed by atoms with Gasteiger partial charge in [-0.05, 0) is 35.4 Å². The maximum absolute atomic E-state index is 13.3. The molecule has 7 nitrogen and oxygen atoms in total. The summed E-state index contributed by atoms with van der Waals surface area (Å²) >= 11 is 0. The molecule has 0 radical (unpaired) electrons. The van der Waals surface area contributed by atoms with Crippen molar-refractivity contribution in [3.05, 3.63) is 90.0 Å². The van der Waals surface area contributed by atoms with Crippen LogP contribution in [0.1, 0.15) is 16.5 Å². The van der Waals surface area contributed by atoms with E-state index in [9.17, 15) is 13.2 Å². The number of carbonyl (C=O) groups is 1. The normalized spacial score (nSPS) is 13.5. The SMILES string of the molecule is O=C(N[C@@H](c1ccc2c(c1)OCO2)S(=O)(=O)c1ccccc1)OCc1ccccc1. The van der Waals surface area contributed by atoms with Gasteiger partial charge in [-0.1, -0.05) is 54.6 Å². The van der Waals surface area contributed by atoms with Crippen molar-refractivity contribution in [2.45, 2.75) is 16.9 Å². The first-order valence-corrected chi connectivity index (χ1v) is 10.7. The van der Waals surface area contributed by atoms with Gasteiger partial charge in [0.15, 0.2) is 16.9 Å². The van der Waals surface area contributed by atoms with Crippen molar-refractivity contribution in [3.63, 3.8) is 0 Å². The standard InChI is InChI=1S/C22H19NO6S/c24-22(27-14-16-7-3-1-4-8-16)23-21(30(25,26)18-9-5-2-6-10-18)17-11-12-19-20(13-17)29-15-28-19/h1-13,21H,14-15H2,(H,23,24)/t21-/m1/s1. The van der Waals surface area contributed by atoms with Gasteiger partial charge in [0.05, 0.1) is 4.90 Å². The van der Waals surface area contributed by atoms with Gasteiger partial charge in [0.25, 0.3) is 0 Å². The van der Waals surface area contributed by atoms with E-state index in [-0.39, 0.29) is 18.3 Å². The Bertz CT molecular complexity index is 1130. The number of alkyl carbamates (subject to hydrolysis) is 1. The van der Waals surface area contributed by atoms with E-state index < -0.39 is 21.3 Å². The van der Waals surface area contributed by atoms with E-state index >= 15 is 0 Å². The first-order chi connectivity index (χ1) is 14.5. The van der Waals surface area contributed by atoms with E-state index in [4.69, 9.17) is 14.2 Å². The van der Waals surface area contributed by atoms with E-state index in [0.717, 1.165) is 5.56 Å². The Morgan fingerprint density at radius 3 is 2.33 bits per heavy atom. The number of carbonyl (C=O) groups excluding carboxylic acids is 1. The van der Waals surface area contributed by atoms with Crippen molar-refractivity contribution in [1.29, 1.82) is 0 Å². The summed E-state index contributed by atoms with van der Waals surface area (Å²) in [5.74, 6) is 0.932. The fraction of sp³-hybridized carbons (Fsp3) is 0.136. The Morgan fingerprint density at radius 2 is 1.60 bits per heavy atom. The summed E-state index contributed by atoms with van der Waals surface area (Å²) < 4.78 is 42.5. The van der Waals surface area contributed by atoms with Crippen molar-refractivity contribution >= 4 is 15.9 Å². The molecule has 0 saturated carbocycles. The third kappa shape index (κ3) is 4.23. The van der Waals surface area contributed by atoms with Crippen molar-refractivity contribution in [2.75, 3.05) is 6.79 Å². The van der Waals surface area contributed by atoms with E-state index in [2.05, 4.69) is 5.32 Å². The molecule has 1 atom stereocenters. The molecular weight excluding hydrogens is 406 g/mol. The van der Waals surface area contributed by atoms with Gasteiger partial charge in [0.2, 0.25) is 16.6 Å². The lowest BCUT2D eigenvalue weighted by molar-refractivity contribution is 0.138. The minimum absolute atomic E-state index is 0.0198. The van der Waals surface area contributed by atoms with Crippen LogP contribution in [0.15, 0.2) is 83.8 Å².